The van der Waals surface area contributed by atoms with Crippen LogP contribution in [0.1, 0.15) is 10.5 Å². The predicted octanol–water partition coefficient (Wildman–Crippen LogP) is 2.95. The Kier molecular flexibility index (Phi) is 3.89. The normalized spacial score (nSPS) is 10.6. The Balaban J connectivity index is 2.11. The Labute approximate surface area is 133 Å². The molecule has 5 nitrogen and oxygen atoms in total. The molecule has 0 saturated carbocycles. The van der Waals surface area contributed by atoms with Crippen LogP contribution in [0.15, 0.2) is 48.5 Å². The van der Waals surface area contributed by atoms with Gasteiger partial charge in [0, 0.05) is 25.3 Å². The standard InChI is InChI=1S/C17H15FN4O/c1-21(2)14-7-9-15(10-8-14)22-17(16(11-23)19-20-22)12-3-5-13(18)6-4-12/h3-11H,1-2H3. The van der Waals surface area contributed by atoms with E-state index in [2.05, 4.69) is 10.3 Å². The summed E-state index contributed by atoms with van der Waals surface area (Å²) in [7, 11) is 3.91. The summed E-state index contributed by atoms with van der Waals surface area (Å²) in [6.07, 6.45) is 0.649. The fraction of sp³-hybridized carbons (Fsp3) is 0.118. The van der Waals surface area contributed by atoms with Gasteiger partial charge >= 0.3 is 0 Å². The number of nitrogens with zero attached hydrogens (tertiary/aromatic N) is 4. The van der Waals surface area contributed by atoms with Crippen molar-refractivity contribution in [3.63, 3.8) is 0 Å². The topological polar surface area (TPSA) is 51.0 Å². The maximum atomic E-state index is 13.1. The molecule has 0 aliphatic rings. The average Bonchev–Trinajstić information content (AvgIpc) is 2.99. The quantitative estimate of drug-likeness (QED) is 0.695. The molecule has 1 aromatic heterocycles. The molecule has 0 aliphatic carbocycles. The van der Waals surface area contributed by atoms with Crippen LogP contribution in [-0.2, 0) is 0 Å². The van der Waals surface area contributed by atoms with E-state index in [-0.39, 0.29) is 11.5 Å². The summed E-state index contributed by atoms with van der Waals surface area (Å²) in [5.74, 6) is -0.337. The molecule has 0 spiro atoms. The van der Waals surface area contributed by atoms with Gasteiger partial charge in [0.1, 0.15) is 11.5 Å². The first-order chi connectivity index (χ1) is 11.1. The predicted molar refractivity (Wildman–Crippen MR) is 86.5 cm³/mol. The second kappa shape index (κ2) is 6.00. The Morgan fingerprint density at radius 1 is 1.04 bits per heavy atom. The summed E-state index contributed by atoms with van der Waals surface area (Å²) in [5.41, 5.74) is 3.25. The van der Waals surface area contributed by atoms with Gasteiger partial charge in [0.2, 0.25) is 0 Å². The molecule has 0 amide bonds. The molecule has 3 rings (SSSR count). The number of anilines is 1. The van der Waals surface area contributed by atoms with Crippen molar-refractivity contribution < 1.29 is 9.18 Å². The zero-order valence-corrected chi connectivity index (χ0v) is 12.8. The van der Waals surface area contributed by atoms with Crippen LogP contribution in [0.25, 0.3) is 16.9 Å². The maximum Gasteiger partial charge on any atom is 0.172 e. The van der Waals surface area contributed by atoms with E-state index >= 15 is 0 Å². The van der Waals surface area contributed by atoms with E-state index in [9.17, 15) is 9.18 Å². The van der Waals surface area contributed by atoms with Crippen LogP contribution in [0.4, 0.5) is 10.1 Å². The van der Waals surface area contributed by atoms with Gasteiger partial charge in [-0.15, -0.1) is 5.10 Å². The van der Waals surface area contributed by atoms with Crippen molar-refractivity contribution in [1.29, 1.82) is 0 Å². The lowest BCUT2D eigenvalue weighted by atomic mass is 10.1. The first-order valence-electron chi connectivity index (χ1n) is 7.04. The third kappa shape index (κ3) is 2.83. The lowest BCUT2D eigenvalue weighted by Crippen LogP contribution is -2.08. The zero-order chi connectivity index (χ0) is 16.4. The second-order valence-electron chi connectivity index (χ2n) is 5.27. The number of halogens is 1. The summed E-state index contributed by atoms with van der Waals surface area (Å²) < 4.78 is 14.7. The van der Waals surface area contributed by atoms with Gasteiger partial charge < -0.3 is 4.90 Å². The minimum absolute atomic E-state index is 0.216. The van der Waals surface area contributed by atoms with Crippen LogP contribution in [0, 0.1) is 5.82 Å². The number of rotatable bonds is 4. The van der Waals surface area contributed by atoms with Gasteiger partial charge in [-0.1, -0.05) is 5.21 Å². The van der Waals surface area contributed by atoms with Crippen molar-refractivity contribution in [1.82, 2.24) is 15.0 Å². The second-order valence-corrected chi connectivity index (χ2v) is 5.27. The molecule has 0 radical (unpaired) electrons. The first-order valence-corrected chi connectivity index (χ1v) is 7.04. The van der Waals surface area contributed by atoms with Gasteiger partial charge in [-0.25, -0.2) is 9.07 Å². The molecule has 6 heteroatoms. The van der Waals surface area contributed by atoms with Crippen LogP contribution in [-0.4, -0.2) is 35.4 Å². The molecule has 0 fully saturated rings. The van der Waals surface area contributed by atoms with E-state index in [1.165, 1.54) is 12.1 Å². The largest absolute Gasteiger partial charge is 0.378 e. The lowest BCUT2D eigenvalue weighted by molar-refractivity contribution is 0.111. The molecular formula is C17H15FN4O. The van der Waals surface area contributed by atoms with E-state index < -0.39 is 0 Å². The maximum absolute atomic E-state index is 13.1. The molecule has 0 aliphatic heterocycles. The molecule has 1 heterocycles. The highest BCUT2D eigenvalue weighted by Gasteiger charge is 2.16. The smallest absolute Gasteiger partial charge is 0.172 e. The first kappa shape index (κ1) is 14.9. The van der Waals surface area contributed by atoms with Crippen LogP contribution in [0.5, 0.6) is 0 Å². The van der Waals surface area contributed by atoms with Crippen molar-refractivity contribution in [2.45, 2.75) is 0 Å². The summed E-state index contributed by atoms with van der Waals surface area (Å²) in [5, 5.41) is 7.97. The summed E-state index contributed by atoms with van der Waals surface area (Å²) in [6.45, 7) is 0. The Morgan fingerprint density at radius 3 is 2.26 bits per heavy atom. The van der Waals surface area contributed by atoms with E-state index in [0.29, 0.717) is 17.5 Å². The number of hydrogen-bond donors (Lipinski definition) is 0. The molecule has 116 valence electrons. The zero-order valence-electron chi connectivity index (χ0n) is 12.8. The summed E-state index contributed by atoms with van der Waals surface area (Å²) in [4.78, 5) is 13.2. The fourth-order valence-electron chi connectivity index (χ4n) is 2.32. The third-order valence-electron chi connectivity index (χ3n) is 3.54. The van der Waals surface area contributed by atoms with Crippen molar-refractivity contribution in [2.24, 2.45) is 0 Å². The number of carbonyl (C=O) groups is 1. The number of carbonyl (C=O) groups excluding carboxylic acids is 1. The monoisotopic (exact) mass is 310 g/mol. The van der Waals surface area contributed by atoms with Gasteiger partial charge in [0.05, 0.1) is 5.69 Å². The minimum atomic E-state index is -0.337. The molecule has 0 unspecified atom stereocenters. The molecule has 0 bridgehead atoms. The molecular weight excluding hydrogens is 295 g/mol. The van der Waals surface area contributed by atoms with Crippen LogP contribution < -0.4 is 4.90 Å². The van der Waals surface area contributed by atoms with E-state index in [0.717, 1.165) is 11.4 Å². The molecule has 2 aromatic carbocycles. The number of hydrogen-bond acceptors (Lipinski definition) is 4. The number of aldehydes is 1. The Bertz CT molecular complexity index is 823. The van der Waals surface area contributed by atoms with Gasteiger partial charge in [0.15, 0.2) is 12.0 Å². The van der Waals surface area contributed by atoms with E-state index in [1.807, 2.05) is 43.3 Å². The van der Waals surface area contributed by atoms with Crippen molar-refractivity contribution in [3.05, 3.63) is 60.0 Å². The third-order valence-corrected chi connectivity index (χ3v) is 3.54. The van der Waals surface area contributed by atoms with Crippen molar-refractivity contribution in [2.75, 3.05) is 19.0 Å². The lowest BCUT2D eigenvalue weighted by Gasteiger charge is -2.13. The van der Waals surface area contributed by atoms with Crippen molar-refractivity contribution >= 4 is 12.0 Å². The SMILES string of the molecule is CN(C)c1ccc(-n2nnc(C=O)c2-c2ccc(F)cc2)cc1. The average molecular weight is 310 g/mol. The number of benzene rings is 2. The molecule has 3 aromatic rings. The van der Waals surface area contributed by atoms with Crippen LogP contribution in [0.2, 0.25) is 0 Å². The van der Waals surface area contributed by atoms with Gasteiger partial charge in [-0.2, -0.15) is 0 Å². The van der Waals surface area contributed by atoms with E-state index in [1.54, 1.807) is 16.8 Å². The van der Waals surface area contributed by atoms with Crippen molar-refractivity contribution in [3.8, 4) is 16.9 Å². The fourth-order valence-corrected chi connectivity index (χ4v) is 2.32. The van der Waals surface area contributed by atoms with E-state index in [4.69, 9.17) is 0 Å². The Hall–Kier alpha value is -3.02. The van der Waals surface area contributed by atoms with Gasteiger partial charge in [0.25, 0.3) is 0 Å². The molecule has 0 atom stereocenters. The highest BCUT2D eigenvalue weighted by molar-refractivity contribution is 5.84. The highest BCUT2D eigenvalue weighted by Crippen LogP contribution is 2.25. The van der Waals surface area contributed by atoms with Crippen LogP contribution >= 0.6 is 0 Å². The minimum Gasteiger partial charge on any atom is -0.378 e. The van der Waals surface area contributed by atoms with Crippen LogP contribution in [0.3, 0.4) is 0 Å². The molecule has 0 saturated heterocycles. The Morgan fingerprint density at radius 2 is 1.70 bits per heavy atom. The number of aromatic nitrogens is 3. The summed E-state index contributed by atoms with van der Waals surface area (Å²) in [6, 6.07) is 13.6. The molecule has 0 N–H and O–H groups in total. The van der Waals surface area contributed by atoms with Gasteiger partial charge in [-0.05, 0) is 48.5 Å². The highest BCUT2D eigenvalue weighted by atomic mass is 19.1. The molecule has 23 heavy (non-hydrogen) atoms. The van der Waals surface area contributed by atoms with Gasteiger partial charge in [-0.3, -0.25) is 4.79 Å². The summed E-state index contributed by atoms with van der Waals surface area (Å²) >= 11 is 0.